The van der Waals surface area contributed by atoms with E-state index in [-0.39, 0.29) is 11.2 Å². The number of fused-ring (bicyclic) bond motifs is 5. The molecule has 0 radical (unpaired) electrons. The predicted molar refractivity (Wildman–Crippen MR) is 131 cm³/mol. The molecule has 2 aliphatic heterocycles. The van der Waals surface area contributed by atoms with E-state index in [1.165, 1.54) is 0 Å². The molecule has 2 aromatic heterocycles. The first kappa shape index (κ1) is 20.9. The van der Waals surface area contributed by atoms with Gasteiger partial charge in [-0.05, 0) is 42.2 Å². The van der Waals surface area contributed by atoms with Crippen molar-refractivity contribution in [2.45, 2.75) is 18.9 Å². The first-order valence-electron chi connectivity index (χ1n) is 11.8. The molecular formula is C28H26N2O4. The van der Waals surface area contributed by atoms with Crippen LogP contribution in [0.4, 0.5) is 0 Å². The highest BCUT2D eigenvalue weighted by atomic mass is 16.5. The second-order valence-electron chi connectivity index (χ2n) is 9.32. The van der Waals surface area contributed by atoms with Crippen LogP contribution in [0.1, 0.15) is 18.0 Å². The zero-order valence-corrected chi connectivity index (χ0v) is 18.9. The molecule has 4 aromatic rings. The van der Waals surface area contributed by atoms with Gasteiger partial charge in [-0.1, -0.05) is 36.4 Å². The maximum Gasteiger partial charge on any atom is 0.344 e. The van der Waals surface area contributed by atoms with Crippen LogP contribution in [0, 0.1) is 5.92 Å². The van der Waals surface area contributed by atoms with Gasteiger partial charge in [0.2, 0.25) is 0 Å². The van der Waals surface area contributed by atoms with E-state index in [4.69, 9.17) is 9.15 Å². The fraction of sp³-hybridized carbons (Fsp3) is 0.286. The molecule has 0 spiro atoms. The fourth-order valence-electron chi connectivity index (χ4n) is 5.47. The number of nitrogens with zero attached hydrogens (tertiary/aromatic N) is 2. The third-order valence-corrected chi connectivity index (χ3v) is 7.02. The van der Waals surface area contributed by atoms with Crippen molar-refractivity contribution in [3.8, 4) is 16.9 Å². The summed E-state index contributed by atoms with van der Waals surface area (Å²) in [7, 11) is 0. The van der Waals surface area contributed by atoms with Crippen molar-refractivity contribution in [1.29, 1.82) is 0 Å². The molecule has 0 saturated carbocycles. The highest BCUT2D eigenvalue weighted by Crippen LogP contribution is 2.34. The molecule has 2 bridgehead atoms. The summed E-state index contributed by atoms with van der Waals surface area (Å²) in [6, 6.07) is 22.7. The van der Waals surface area contributed by atoms with E-state index in [0.717, 1.165) is 49.2 Å². The van der Waals surface area contributed by atoms with Crippen LogP contribution < -0.4 is 15.9 Å². The maximum absolute atomic E-state index is 12.5. The van der Waals surface area contributed by atoms with Crippen LogP contribution in [0.5, 0.6) is 5.75 Å². The number of piperidine rings is 1. The summed E-state index contributed by atoms with van der Waals surface area (Å²) < 4.78 is 13.6. The molecule has 0 N–H and O–H groups in total. The number of likely N-dealkylation sites (tertiary alicyclic amines) is 1. The lowest BCUT2D eigenvalue weighted by atomic mass is 9.83. The molecule has 2 atom stereocenters. The van der Waals surface area contributed by atoms with Gasteiger partial charge in [0, 0.05) is 55.3 Å². The van der Waals surface area contributed by atoms with Gasteiger partial charge >= 0.3 is 5.63 Å². The normalized spacial score (nSPS) is 19.6. The first-order chi connectivity index (χ1) is 16.6. The summed E-state index contributed by atoms with van der Waals surface area (Å²) in [6.07, 6.45) is 1.15. The van der Waals surface area contributed by atoms with Crippen LogP contribution in [0.15, 0.2) is 86.8 Å². The summed E-state index contributed by atoms with van der Waals surface area (Å²) >= 11 is 0. The molecule has 0 aliphatic carbocycles. The van der Waals surface area contributed by atoms with Crippen molar-refractivity contribution in [3.05, 3.63) is 99.3 Å². The molecular weight excluding hydrogens is 428 g/mol. The van der Waals surface area contributed by atoms with E-state index in [2.05, 4.69) is 11.0 Å². The molecule has 4 heterocycles. The van der Waals surface area contributed by atoms with E-state index >= 15 is 0 Å². The lowest BCUT2D eigenvalue weighted by Gasteiger charge is -2.42. The largest absolute Gasteiger partial charge is 0.492 e. The Bertz CT molecular complexity index is 1460. The molecule has 6 rings (SSSR count). The minimum absolute atomic E-state index is 0.114. The van der Waals surface area contributed by atoms with E-state index in [1.54, 1.807) is 12.1 Å². The Morgan fingerprint density at radius 3 is 2.68 bits per heavy atom. The van der Waals surface area contributed by atoms with Crippen molar-refractivity contribution >= 4 is 11.0 Å². The summed E-state index contributed by atoms with van der Waals surface area (Å²) in [6.45, 7) is 4.10. The number of hydrogen-bond acceptors (Lipinski definition) is 5. The third kappa shape index (κ3) is 3.94. The quantitative estimate of drug-likeness (QED) is 0.425. The Balaban J connectivity index is 1.12. The standard InChI is InChI=1S/C28H26N2O4/c31-27-8-4-7-25-22-13-19(17-30(25)27)16-29(18-22)11-12-33-23-10-9-21-14-24(20-5-2-1-3-6-20)28(32)34-26(21)15-23/h1-10,14-15,19,22H,11-13,16-18H2. The van der Waals surface area contributed by atoms with Crippen LogP contribution in [0.3, 0.4) is 0 Å². The van der Waals surface area contributed by atoms with Gasteiger partial charge in [-0.3, -0.25) is 9.69 Å². The van der Waals surface area contributed by atoms with E-state index in [1.807, 2.05) is 59.2 Å². The number of aromatic nitrogens is 1. The topological polar surface area (TPSA) is 64.7 Å². The molecule has 2 aliphatic rings. The van der Waals surface area contributed by atoms with Gasteiger partial charge in [-0.25, -0.2) is 4.79 Å². The monoisotopic (exact) mass is 454 g/mol. The molecule has 0 amide bonds. The van der Waals surface area contributed by atoms with Crippen LogP contribution in [0.25, 0.3) is 22.1 Å². The molecule has 172 valence electrons. The van der Waals surface area contributed by atoms with Crippen molar-refractivity contribution in [1.82, 2.24) is 9.47 Å². The number of hydrogen-bond donors (Lipinski definition) is 0. The third-order valence-electron chi connectivity index (χ3n) is 7.02. The van der Waals surface area contributed by atoms with Gasteiger partial charge in [-0.15, -0.1) is 0 Å². The Morgan fingerprint density at radius 1 is 0.912 bits per heavy atom. The van der Waals surface area contributed by atoms with Gasteiger partial charge in [0.1, 0.15) is 17.9 Å². The van der Waals surface area contributed by atoms with E-state index in [0.29, 0.717) is 35.3 Å². The van der Waals surface area contributed by atoms with Crippen LogP contribution >= 0.6 is 0 Å². The minimum atomic E-state index is -0.352. The number of pyridine rings is 1. The second-order valence-corrected chi connectivity index (χ2v) is 9.32. The average molecular weight is 455 g/mol. The Kier molecular flexibility index (Phi) is 5.30. The van der Waals surface area contributed by atoms with Crippen molar-refractivity contribution in [2.75, 3.05) is 26.2 Å². The Morgan fingerprint density at radius 2 is 1.79 bits per heavy atom. The molecule has 2 aromatic carbocycles. The zero-order chi connectivity index (χ0) is 23.1. The minimum Gasteiger partial charge on any atom is -0.492 e. The Hall–Kier alpha value is -3.64. The highest BCUT2D eigenvalue weighted by molar-refractivity contribution is 5.82. The van der Waals surface area contributed by atoms with Crippen molar-refractivity contribution < 1.29 is 9.15 Å². The number of ether oxygens (including phenoxy) is 1. The highest BCUT2D eigenvalue weighted by Gasteiger charge is 2.34. The van der Waals surface area contributed by atoms with Gasteiger partial charge in [-0.2, -0.15) is 0 Å². The van der Waals surface area contributed by atoms with Crippen molar-refractivity contribution in [3.63, 3.8) is 0 Å². The van der Waals surface area contributed by atoms with Gasteiger partial charge in [0.15, 0.2) is 0 Å². The summed E-state index contributed by atoms with van der Waals surface area (Å²) in [5.74, 6) is 1.59. The van der Waals surface area contributed by atoms with Crippen LogP contribution in [0.2, 0.25) is 0 Å². The molecule has 1 fully saturated rings. The summed E-state index contributed by atoms with van der Waals surface area (Å²) in [4.78, 5) is 27.2. The molecule has 1 saturated heterocycles. The van der Waals surface area contributed by atoms with E-state index in [9.17, 15) is 9.59 Å². The number of benzene rings is 2. The molecule has 6 heteroatoms. The van der Waals surface area contributed by atoms with Crippen LogP contribution in [-0.4, -0.2) is 35.7 Å². The smallest absolute Gasteiger partial charge is 0.344 e. The van der Waals surface area contributed by atoms with Gasteiger partial charge < -0.3 is 13.7 Å². The summed E-state index contributed by atoms with van der Waals surface area (Å²) in [5.41, 5.74) is 2.85. The van der Waals surface area contributed by atoms with Crippen LogP contribution in [-0.2, 0) is 6.54 Å². The van der Waals surface area contributed by atoms with Gasteiger partial charge in [0.05, 0.1) is 5.56 Å². The molecule has 6 nitrogen and oxygen atoms in total. The molecule has 2 unspecified atom stereocenters. The van der Waals surface area contributed by atoms with E-state index < -0.39 is 0 Å². The van der Waals surface area contributed by atoms with Crippen molar-refractivity contribution in [2.24, 2.45) is 5.92 Å². The van der Waals surface area contributed by atoms with Gasteiger partial charge in [0.25, 0.3) is 5.56 Å². The lowest BCUT2D eigenvalue weighted by molar-refractivity contribution is 0.104. The number of rotatable bonds is 5. The zero-order valence-electron chi connectivity index (χ0n) is 18.9. The SMILES string of the molecule is O=c1oc2cc(OCCN3CC4CC(C3)c3cccc(=O)n3C4)ccc2cc1-c1ccccc1. The average Bonchev–Trinajstić information content (AvgIpc) is 2.85. The molecule has 34 heavy (non-hydrogen) atoms. The lowest BCUT2D eigenvalue weighted by Crippen LogP contribution is -2.48. The maximum atomic E-state index is 12.5. The second kappa shape index (κ2) is 8.61. The fourth-order valence-corrected chi connectivity index (χ4v) is 5.47. The summed E-state index contributed by atoms with van der Waals surface area (Å²) in [5, 5.41) is 0.864. The Labute approximate surface area is 197 Å². The first-order valence-corrected chi connectivity index (χ1v) is 11.8. The predicted octanol–water partition coefficient (Wildman–Crippen LogP) is 4.12.